The number of anilines is 2. The summed E-state index contributed by atoms with van der Waals surface area (Å²) in [5, 5.41) is 17.5. The normalized spacial score (nSPS) is 10.5. The highest BCUT2D eigenvalue weighted by molar-refractivity contribution is 6.02. The molecule has 0 aliphatic carbocycles. The second kappa shape index (κ2) is 8.17. The first-order valence-electron chi connectivity index (χ1n) is 8.75. The van der Waals surface area contributed by atoms with Crippen LogP contribution in [0.25, 0.3) is 11.4 Å². The topological polar surface area (TPSA) is 115 Å². The van der Waals surface area contributed by atoms with Crippen LogP contribution in [0.3, 0.4) is 0 Å². The predicted octanol–water partition coefficient (Wildman–Crippen LogP) is 2.82. The maximum atomic E-state index is 12.2. The van der Waals surface area contributed by atoms with Gasteiger partial charge in [-0.05, 0) is 41.6 Å². The van der Waals surface area contributed by atoms with E-state index in [4.69, 9.17) is 4.42 Å². The predicted molar refractivity (Wildman–Crippen MR) is 105 cm³/mol. The fourth-order valence-electron chi connectivity index (χ4n) is 2.58. The summed E-state index contributed by atoms with van der Waals surface area (Å²) < 4.78 is 5.04. The molecule has 2 aromatic heterocycles. The van der Waals surface area contributed by atoms with Crippen LogP contribution in [-0.4, -0.2) is 32.0 Å². The summed E-state index contributed by atoms with van der Waals surface area (Å²) in [7, 11) is 0. The second-order valence-electron chi connectivity index (χ2n) is 6.07. The zero-order valence-corrected chi connectivity index (χ0v) is 15.1. The third-order valence-corrected chi connectivity index (χ3v) is 3.94. The lowest BCUT2D eigenvalue weighted by Crippen LogP contribution is -2.20. The SMILES string of the molecule is O=C(Cn1nnc(-c2ccccc2)n1)Nc1ccc(NC(=O)c2ccco2)cc1. The zero-order valence-electron chi connectivity index (χ0n) is 15.1. The Balaban J connectivity index is 1.33. The van der Waals surface area contributed by atoms with Crippen molar-refractivity contribution in [2.24, 2.45) is 0 Å². The van der Waals surface area contributed by atoms with Gasteiger partial charge >= 0.3 is 0 Å². The molecule has 0 aliphatic rings. The van der Waals surface area contributed by atoms with Crippen LogP contribution in [0.4, 0.5) is 11.4 Å². The van der Waals surface area contributed by atoms with E-state index in [1.54, 1.807) is 36.4 Å². The number of hydrogen-bond acceptors (Lipinski definition) is 6. The molecular formula is C20H16N6O3. The van der Waals surface area contributed by atoms with Crippen LogP contribution in [0, 0.1) is 0 Å². The number of carbonyl (C=O) groups excluding carboxylic acids is 2. The fraction of sp³-hybridized carbons (Fsp3) is 0.0500. The van der Waals surface area contributed by atoms with Crippen LogP contribution in [-0.2, 0) is 11.3 Å². The van der Waals surface area contributed by atoms with Gasteiger partial charge in [0.2, 0.25) is 11.7 Å². The largest absolute Gasteiger partial charge is 0.459 e. The standard InChI is InChI=1S/C20H16N6O3/c27-18(13-26-24-19(23-25-26)14-5-2-1-3-6-14)21-15-8-10-16(11-9-15)22-20(28)17-7-4-12-29-17/h1-12H,13H2,(H,21,27)(H,22,28). The average molecular weight is 388 g/mol. The molecule has 9 heteroatoms. The van der Waals surface area contributed by atoms with E-state index in [0.717, 1.165) is 5.56 Å². The molecule has 4 aromatic rings. The Hall–Kier alpha value is -4.27. The molecule has 2 N–H and O–H groups in total. The summed E-state index contributed by atoms with van der Waals surface area (Å²) >= 11 is 0. The molecule has 0 fully saturated rings. The third kappa shape index (κ3) is 4.53. The van der Waals surface area contributed by atoms with Gasteiger partial charge in [0, 0.05) is 16.9 Å². The van der Waals surface area contributed by atoms with Gasteiger partial charge in [0.1, 0.15) is 6.54 Å². The van der Waals surface area contributed by atoms with Gasteiger partial charge in [-0.15, -0.1) is 10.2 Å². The van der Waals surface area contributed by atoms with Crippen molar-refractivity contribution in [1.82, 2.24) is 20.2 Å². The molecule has 0 radical (unpaired) electrons. The Morgan fingerprint density at radius 1 is 0.897 bits per heavy atom. The number of aromatic nitrogens is 4. The van der Waals surface area contributed by atoms with Crippen molar-refractivity contribution in [1.29, 1.82) is 0 Å². The van der Waals surface area contributed by atoms with Crippen LogP contribution in [0.1, 0.15) is 10.6 Å². The van der Waals surface area contributed by atoms with Crippen LogP contribution in [0.5, 0.6) is 0 Å². The minimum Gasteiger partial charge on any atom is -0.459 e. The van der Waals surface area contributed by atoms with Gasteiger partial charge < -0.3 is 15.1 Å². The molecule has 0 saturated carbocycles. The Labute approximate surface area is 165 Å². The van der Waals surface area contributed by atoms with Crippen LogP contribution < -0.4 is 10.6 Å². The van der Waals surface area contributed by atoms with E-state index in [9.17, 15) is 9.59 Å². The molecule has 0 spiro atoms. The highest BCUT2D eigenvalue weighted by Crippen LogP contribution is 2.15. The molecule has 9 nitrogen and oxygen atoms in total. The Morgan fingerprint density at radius 2 is 1.62 bits per heavy atom. The van der Waals surface area contributed by atoms with Gasteiger partial charge in [-0.3, -0.25) is 9.59 Å². The maximum Gasteiger partial charge on any atom is 0.291 e. The fourth-order valence-corrected chi connectivity index (χ4v) is 2.58. The summed E-state index contributed by atoms with van der Waals surface area (Å²) in [6, 6.07) is 19.3. The van der Waals surface area contributed by atoms with Crippen molar-refractivity contribution in [2.75, 3.05) is 10.6 Å². The Bertz CT molecular complexity index is 1100. The number of nitrogens with one attached hydrogen (secondary N) is 2. The molecule has 4 rings (SSSR count). The van der Waals surface area contributed by atoms with E-state index < -0.39 is 0 Å². The smallest absolute Gasteiger partial charge is 0.291 e. The summed E-state index contributed by atoms with van der Waals surface area (Å²) in [5.74, 6) is 0.0280. The maximum absolute atomic E-state index is 12.2. The number of rotatable bonds is 6. The molecule has 0 atom stereocenters. The summed E-state index contributed by atoms with van der Waals surface area (Å²) in [6.07, 6.45) is 1.43. The van der Waals surface area contributed by atoms with Crippen molar-refractivity contribution in [3.8, 4) is 11.4 Å². The van der Waals surface area contributed by atoms with Crippen LogP contribution in [0.15, 0.2) is 77.4 Å². The molecule has 2 heterocycles. The summed E-state index contributed by atoms with van der Waals surface area (Å²) in [6.45, 7) is -0.0726. The number of nitrogens with zero attached hydrogens (tertiary/aromatic N) is 4. The highest BCUT2D eigenvalue weighted by atomic mass is 16.3. The highest BCUT2D eigenvalue weighted by Gasteiger charge is 2.11. The number of furan rings is 1. The number of benzene rings is 2. The van der Waals surface area contributed by atoms with Crippen LogP contribution >= 0.6 is 0 Å². The molecule has 29 heavy (non-hydrogen) atoms. The Morgan fingerprint density at radius 3 is 2.31 bits per heavy atom. The second-order valence-corrected chi connectivity index (χ2v) is 6.07. The van der Waals surface area contributed by atoms with Crippen molar-refractivity contribution in [2.45, 2.75) is 6.54 Å². The molecule has 0 aliphatic heterocycles. The van der Waals surface area contributed by atoms with E-state index in [2.05, 4.69) is 26.0 Å². The van der Waals surface area contributed by atoms with Gasteiger partial charge in [-0.2, -0.15) is 4.80 Å². The van der Waals surface area contributed by atoms with Crippen molar-refractivity contribution in [3.63, 3.8) is 0 Å². The molecular weight excluding hydrogens is 372 g/mol. The lowest BCUT2D eigenvalue weighted by Gasteiger charge is -2.07. The summed E-state index contributed by atoms with van der Waals surface area (Å²) in [4.78, 5) is 25.4. The van der Waals surface area contributed by atoms with Gasteiger partial charge in [-0.25, -0.2) is 0 Å². The van der Waals surface area contributed by atoms with E-state index in [0.29, 0.717) is 17.2 Å². The zero-order chi connectivity index (χ0) is 20.1. The van der Waals surface area contributed by atoms with Gasteiger partial charge in [0.25, 0.3) is 5.91 Å². The van der Waals surface area contributed by atoms with Crippen molar-refractivity contribution >= 4 is 23.2 Å². The molecule has 0 saturated heterocycles. The minimum atomic E-state index is -0.349. The Kier molecular flexibility index (Phi) is 5.10. The molecule has 2 amide bonds. The lowest BCUT2D eigenvalue weighted by molar-refractivity contribution is -0.117. The molecule has 0 unspecified atom stereocenters. The quantitative estimate of drug-likeness (QED) is 0.525. The number of hydrogen-bond donors (Lipinski definition) is 2. The van der Waals surface area contributed by atoms with E-state index in [1.165, 1.54) is 11.1 Å². The lowest BCUT2D eigenvalue weighted by atomic mass is 10.2. The molecule has 2 aromatic carbocycles. The number of tetrazole rings is 1. The third-order valence-electron chi connectivity index (χ3n) is 3.94. The monoisotopic (exact) mass is 388 g/mol. The molecule has 144 valence electrons. The first kappa shape index (κ1) is 18.1. The van der Waals surface area contributed by atoms with Gasteiger partial charge in [-0.1, -0.05) is 30.3 Å². The summed E-state index contributed by atoms with van der Waals surface area (Å²) in [5.41, 5.74) is 1.98. The van der Waals surface area contributed by atoms with E-state index in [1.807, 2.05) is 30.3 Å². The van der Waals surface area contributed by atoms with E-state index in [-0.39, 0.29) is 24.1 Å². The van der Waals surface area contributed by atoms with Crippen molar-refractivity contribution < 1.29 is 14.0 Å². The first-order valence-corrected chi connectivity index (χ1v) is 8.75. The van der Waals surface area contributed by atoms with Crippen LogP contribution in [0.2, 0.25) is 0 Å². The van der Waals surface area contributed by atoms with Gasteiger partial charge in [0.05, 0.1) is 6.26 Å². The average Bonchev–Trinajstić information content (AvgIpc) is 3.42. The number of carbonyl (C=O) groups is 2. The molecule has 0 bridgehead atoms. The number of amides is 2. The van der Waals surface area contributed by atoms with Crippen molar-refractivity contribution in [3.05, 3.63) is 78.8 Å². The minimum absolute atomic E-state index is 0.0726. The van der Waals surface area contributed by atoms with E-state index >= 15 is 0 Å². The van der Waals surface area contributed by atoms with Gasteiger partial charge in [0.15, 0.2) is 5.76 Å². The first-order chi connectivity index (χ1) is 14.2.